The van der Waals surface area contributed by atoms with Crippen molar-refractivity contribution in [3.63, 3.8) is 0 Å². The van der Waals surface area contributed by atoms with E-state index in [1.807, 2.05) is 17.4 Å². The van der Waals surface area contributed by atoms with Crippen LogP contribution in [0.3, 0.4) is 0 Å². The molecule has 2 heterocycles. The topological polar surface area (TPSA) is 16.4 Å². The first-order chi connectivity index (χ1) is 27.3. The molecule has 0 saturated heterocycles. The van der Waals surface area contributed by atoms with Crippen molar-refractivity contribution in [2.45, 2.75) is 0 Å². The van der Waals surface area contributed by atoms with Crippen molar-refractivity contribution >= 4 is 81.3 Å². The number of rotatable bonds is 6. The van der Waals surface area contributed by atoms with E-state index in [-0.39, 0.29) is 0 Å². The van der Waals surface area contributed by atoms with E-state index >= 15 is 0 Å². The Morgan fingerprint density at radius 3 is 1.67 bits per heavy atom. The summed E-state index contributed by atoms with van der Waals surface area (Å²) in [6.07, 6.45) is 0. The highest BCUT2D eigenvalue weighted by atomic mass is 32.1. The summed E-state index contributed by atoms with van der Waals surface area (Å²) in [5, 5.41) is 7.22. The fourth-order valence-electron chi connectivity index (χ4n) is 8.30. The van der Waals surface area contributed by atoms with Gasteiger partial charge in [0.15, 0.2) is 5.58 Å². The molecule has 11 rings (SSSR count). The quantitative estimate of drug-likeness (QED) is 0.170. The highest BCUT2D eigenvalue weighted by molar-refractivity contribution is 7.27. The van der Waals surface area contributed by atoms with E-state index in [1.54, 1.807) is 0 Å². The lowest BCUT2D eigenvalue weighted by molar-refractivity contribution is 0.669. The maximum Gasteiger partial charge on any atom is 0.159 e. The molecule has 0 amide bonds. The van der Waals surface area contributed by atoms with Crippen LogP contribution in [0.5, 0.6) is 0 Å². The Hall–Kier alpha value is -6.94. The van der Waals surface area contributed by atoms with Crippen molar-refractivity contribution in [3.8, 4) is 33.4 Å². The molecule has 0 N–H and O–H groups in total. The minimum Gasteiger partial charge on any atom is -0.454 e. The Bertz CT molecular complexity index is 3150. The smallest absolute Gasteiger partial charge is 0.159 e. The summed E-state index contributed by atoms with van der Waals surface area (Å²) in [7, 11) is 0. The number of fused-ring (bicyclic) bond motifs is 7. The predicted molar refractivity (Wildman–Crippen MR) is 235 cm³/mol. The molecule has 11 aromatic rings. The van der Waals surface area contributed by atoms with Gasteiger partial charge in [-0.1, -0.05) is 164 Å². The van der Waals surface area contributed by atoms with Gasteiger partial charge in [-0.05, 0) is 75.0 Å². The van der Waals surface area contributed by atoms with Gasteiger partial charge in [-0.15, -0.1) is 11.3 Å². The van der Waals surface area contributed by atoms with Crippen LogP contribution in [0.2, 0.25) is 0 Å². The second-order valence-electron chi connectivity index (χ2n) is 14.1. The van der Waals surface area contributed by atoms with Crippen LogP contribution >= 0.6 is 11.3 Å². The first-order valence-corrected chi connectivity index (χ1v) is 19.5. The van der Waals surface area contributed by atoms with Gasteiger partial charge < -0.3 is 9.32 Å². The molecule has 0 fully saturated rings. The Morgan fingerprint density at radius 2 is 0.909 bits per heavy atom. The molecule has 55 heavy (non-hydrogen) atoms. The standard InChI is InChI=1S/C52H33NOS/c1-3-15-34(16-4-1)37-31-38(35-17-5-2-6-18-35)33-39(32-37)53(47-28-13-24-43-42-22-9-10-30-49(42)54-50(43)47)48-29-14-27-46-45-26-12-25-44(51(45)55-52(46)48)41-23-11-20-36-19-7-8-21-40(36)41/h1-33H. The van der Waals surface area contributed by atoms with Crippen LogP contribution in [0.25, 0.3) is 86.3 Å². The summed E-state index contributed by atoms with van der Waals surface area (Å²) >= 11 is 1.88. The zero-order valence-electron chi connectivity index (χ0n) is 29.8. The maximum atomic E-state index is 6.79. The monoisotopic (exact) mass is 719 g/mol. The van der Waals surface area contributed by atoms with Crippen molar-refractivity contribution < 1.29 is 4.42 Å². The van der Waals surface area contributed by atoms with E-state index < -0.39 is 0 Å². The Morgan fingerprint density at radius 1 is 0.364 bits per heavy atom. The summed E-state index contributed by atoms with van der Waals surface area (Å²) < 4.78 is 9.30. The fraction of sp³-hybridized carbons (Fsp3) is 0. The lowest BCUT2D eigenvalue weighted by atomic mass is 9.96. The van der Waals surface area contributed by atoms with Gasteiger partial charge >= 0.3 is 0 Å². The zero-order valence-corrected chi connectivity index (χ0v) is 30.6. The molecule has 258 valence electrons. The number of hydrogen-bond donors (Lipinski definition) is 0. The van der Waals surface area contributed by atoms with Gasteiger partial charge in [-0.2, -0.15) is 0 Å². The van der Waals surface area contributed by atoms with Gasteiger partial charge in [0, 0.05) is 37.5 Å². The second-order valence-corrected chi connectivity index (χ2v) is 15.1. The lowest BCUT2D eigenvalue weighted by Crippen LogP contribution is -2.11. The molecule has 0 bridgehead atoms. The summed E-state index contributed by atoms with van der Waals surface area (Å²) in [5.74, 6) is 0. The highest BCUT2D eigenvalue weighted by Crippen LogP contribution is 2.50. The number of hydrogen-bond acceptors (Lipinski definition) is 3. The highest BCUT2D eigenvalue weighted by Gasteiger charge is 2.24. The Balaban J connectivity index is 1.22. The van der Waals surface area contributed by atoms with Crippen molar-refractivity contribution in [2.24, 2.45) is 0 Å². The summed E-state index contributed by atoms with van der Waals surface area (Å²) in [5.41, 5.74) is 12.1. The van der Waals surface area contributed by atoms with Crippen LogP contribution in [-0.2, 0) is 0 Å². The fourth-order valence-corrected chi connectivity index (χ4v) is 9.64. The van der Waals surface area contributed by atoms with Crippen molar-refractivity contribution in [1.82, 2.24) is 0 Å². The third kappa shape index (κ3) is 5.24. The molecule has 0 atom stereocenters. The van der Waals surface area contributed by atoms with Crippen LogP contribution in [0.1, 0.15) is 0 Å². The van der Waals surface area contributed by atoms with Gasteiger partial charge in [-0.25, -0.2) is 0 Å². The van der Waals surface area contributed by atoms with Gasteiger partial charge in [-0.3, -0.25) is 0 Å². The zero-order chi connectivity index (χ0) is 36.3. The van der Waals surface area contributed by atoms with Crippen LogP contribution in [0.4, 0.5) is 17.1 Å². The Labute approximate surface area is 322 Å². The second kappa shape index (κ2) is 12.9. The summed E-state index contributed by atoms with van der Waals surface area (Å²) in [6, 6.07) is 72.1. The van der Waals surface area contributed by atoms with E-state index in [0.29, 0.717) is 0 Å². The largest absolute Gasteiger partial charge is 0.454 e. The molecule has 3 heteroatoms. The van der Waals surface area contributed by atoms with Crippen molar-refractivity contribution in [3.05, 3.63) is 200 Å². The van der Waals surface area contributed by atoms with Gasteiger partial charge in [0.05, 0.1) is 16.1 Å². The first-order valence-electron chi connectivity index (χ1n) is 18.7. The molecule has 2 nitrogen and oxygen atoms in total. The number of benzene rings is 9. The molecule has 0 aliphatic carbocycles. The maximum absolute atomic E-state index is 6.79. The number of furan rings is 1. The third-order valence-corrected chi connectivity index (χ3v) is 12.1. The lowest BCUT2D eigenvalue weighted by Gasteiger charge is -2.27. The number of para-hydroxylation sites is 2. The van der Waals surface area contributed by atoms with E-state index in [9.17, 15) is 0 Å². The number of nitrogens with zero attached hydrogens (tertiary/aromatic N) is 1. The SMILES string of the molecule is c1ccc(-c2cc(-c3ccccc3)cc(N(c3cccc4c3oc3ccccc34)c3cccc4c3sc3c(-c5cccc6ccccc56)cccc34)c2)cc1. The molecule has 9 aromatic carbocycles. The van der Waals surface area contributed by atoms with Crippen LogP contribution in [0.15, 0.2) is 205 Å². The van der Waals surface area contributed by atoms with Gasteiger partial charge in [0.2, 0.25) is 0 Å². The van der Waals surface area contributed by atoms with Crippen LogP contribution in [0, 0.1) is 0 Å². The van der Waals surface area contributed by atoms with Crippen molar-refractivity contribution in [1.29, 1.82) is 0 Å². The average Bonchev–Trinajstić information content (AvgIpc) is 3.84. The third-order valence-electron chi connectivity index (χ3n) is 10.8. The molecule has 0 spiro atoms. The first kappa shape index (κ1) is 31.6. The molecular formula is C52H33NOS. The molecule has 0 unspecified atom stereocenters. The van der Waals surface area contributed by atoms with Crippen molar-refractivity contribution in [2.75, 3.05) is 4.90 Å². The molecule has 0 saturated carbocycles. The Kier molecular flexibility index (Phi) is 7.39. The van der Waals surface area contributed by atoms with E-state index in [4.69, 9.17) is 4.42 Å². The van der Waals surface area contributed by atoms with Gasteiger partial charge in [0.25, 0.3) is 0 Å². The number of thiophene rings is 1. The summed E-state index contributed by atoms with van der Waals surface area (Å²) in [6.45, 7) is 0. The number of anilines is 3. The summed E-state index contributed by atoms with van der Waals surface area (Å²) in [4.78, 5) is 2.43. The average molecular weight is 720 g/mol. The molecule has 0 aliphatic rings. The minimum absolute atomic E-state index is 0.865. The van der Waals surface area contributed by atoms with E-state index in [1.165, 1.54) is 53.2 Å². The molecule has 0 radical (unpaired) electrons. The van der Waals surface area contributed by atoms with E-state index in [2.05, 4.69) is 199 Å². The van der Waals surface area contributed by atoms with Crippen LogP contribution < -0.4 is 4.90 Å². The minimum atomic E-state index is 0.865. The molecular weight excluding hydrogens is 687 g/mol. The van der Waals surface area contributed by atoms with Crippen LogP contribution in [-0.4, -0.2) is 0 Å². The molecule has 0 aliphatic heterocycles. The van der Waals surface area contributed by atoms with Gasteiger partial charge in [0.1, 0.15) is 5.58 Å². The molecule has 2 aromatic heterocycles. The normalized spacial score (nSPS) is 11.6. The van der Waals surface area contributed by atoms with E-state index in [0.717, 1.165) is 50.1 Å². The predicted octanol–water partition coefficient (Wildman–Crippen LogP) is 15.6.